The van der Waals surface area contributed by atoms with Gasteiger partial charge in [-0.3, -0.25) is 4.79 Å². The van der Waals surface area contributed by atoms with E-state index in [0.717, 1.165) is 12.1 Å². The van der Waals surface area contributed by atoms with Gasteiger partial charge in [0.05, 0.1) is 26.6 Å². The summed E-state index contributed by atoms with van der Waals surface area (Å²) in [6.07, 6.45) is -4.66. The molecule has 0 saturated heterocycles. The molecule has 0 spiro atoms. The Morgan fingerprint density at radius 1 is 1.09 bits per heavy atom. The van der Waals surface area contributed by atoms with Crippen molar-refractivity contribution in [1.29, 1.82) is 5.26 Å². The van der Waals surface area contributed by atoms with Gasteiger partial charge in [-0.25, -0.2) is 8.42 Å². The highest BCUT2D eigenvalue weighted by Crippen LogP contribution is 2.34. The summed E-state index contributed by atoms with van der Waals surface area (Å²) in [5.41, 5.74) is -3.90. The second-order valence-corrected chi connectivity index (χ2v) is 11.2. The number of hydrogen-bond donors (Lipinski definition) is 2. The molecule has 2 aromatic rings. The van der Waals surface area contributed by atoms with Crippen LogP contribution in [-0.4, -0.2) is 29.9 Å². The Bertz CT molecular complexity index is 1170. The molecule has 11 heteroatoms. The summed E-state index contributed by atoms with van der Waals surface area (Å²) >= 11 is 5.93. The van der Waals surface area contributed by atoms with E-state index < -0.39 is 43.6 Å². The smallest absolute Gasteiger partial charge is 0.374 e. The van der Waals surface area contributed by atoms with E-state index in [9.17, 15) is 31.5 Å². The first-order valence-electron chi connectivity index (χ1n) is 9.15. The van der Waals surface area contributed by atoms with Gasteiger partial charge in [0.25, 0.3) is 5.91 Å². The molecule has 0 heterocycles. The van der Waals surface area contributed by atoms with E-state index in [2.05, 4.69) is 5.32 Å². The Hall–Kier alpha value is -2.61. The number of amides is 1. The van der Waals surface area contributed by atoms with Gasteiger partial charge in [0, 0.05) is 5.69 Å². The number of alkyl halides is 3. The average Bonchev–Trinajstić information content (AvgIpc) is 2.66. The van der Waals surface area contributed by atoms with Crippen LogP contribution in [-0.2, 0) is 26.4 Å². The molecule has 1 unspecified atom stereocenters. The molecular formula is C21H20ClF3N2O4S. The number of sulfone groups is 1. The van der Waals surface area contributed by atoms with Gasteiger partial charge in [-0.2, -0.15) is 18.4 Å². The third kappa shape index (κ3) is 5.41. The average molecular weight is 489 g/mol. The number of rotatable bonds is 5. The third-order valence-corrected chi connectivity index (χ3v) is 7.72. The van der Waals surface area contributed by atoms with Gasteiger partial charge < -0.3 is 10.4 Å². The van der Waals surface area contributed by atoms with Gasteiger partial charge in [-0.15, -0.1) is 0 Å². The zero-order valence-electron chi connectivity index (χ0n) is 17.3. The number of anilines is 1. The Morgan fingerprint density at radius 3 is 2.06 bits per heavy atom. The molecule has 0 aliphatic heterocycles. The van der Waals surface area contributed by atoms with E-state index in [1.165, 1.54) is 39.0 Å². The van der Waals surface area contributed by atoms with Crippen molar-refractivity contribution in [2.75, 3.05) is 11.1 Å². The first-order chi connectivity index (χ1) is 14.5. The van der Waals surface area contributed by atoms with E-state index in [1.54, 1.807) is 0 Å². The summed E-state index contributed by atoms with van der Waals surface area (Å²) in [5, 5.41) is 22.5. The molecule has 32 heavy (non-hydrogen) atoms. The maximum absolute atomic E-state index is 13.0. The van der Waals surface area contributed by atoms with Crippen molar-refractivity contribution >= 4 is 33.0 Å². The molecule has 0 aliphatic carbocycles. The number of nitriles is 1. The maximum atomic E-state index is 13.0. The normalized spacial score (nSPS) is 14.3. The van der Waals surface area contributed by atoms with Gasteiger partial charge in [0.15, 0.2) is 15.4 Å². The second-order valence-electron chi connectivity index (χ2n) is 8.07. The molecule has 0 radical (unpaired) electrons. The van der Waals surface area contributed by atoms with E-state index in [4.69, 9.17) is 16.9 Å². The van der Waals surface area contributed by atoms with Crippen LogP contribution < -0.4 is 5.32 Å². The minimum absolute atomic E-state index is 0.00526. The molecule has 0 bridgehead atoms. The van der Waals surface area contributed by atoms with Crippen LogP contribution in [0.25, 0.3) is 0 Å². The number of hydrogen-bond acceptors (Lipinski definition) is 5. The number of nitrogens with one attached hydrogen (secondary N) is 1. The molecule has 0 fully saturated rings. The Morgan fingerprint density at radius 2 is 1.62 bits per heavy atom. The highest BCUT2D eigenvalue weighted by molar-refractivity contribution is 7.92. The number of aliphatic hydroxyl groups is 1. The number of halogens is 4. The maximum Gasteiger partial charge on any atom is 0.416 e. The highest BCUT2D eigenvalue weighted by atomic mass is 35.5. The summed E-state index contributed by atoms with van der Waals surface area (Å²) in [4.78, 5) is 13.0. The van der Waals surface area contributed by atoms with Gasteiger partial charge >= 0.3 is 6.18 Å². The lowest BCUT2D eigenvalue weighted by Crippen LogP contribution is -2.49. The molecule has 0 aliphatic rings. The standard InChI is InChI=1S/C21H20ClF3N2O4S/c1-19(2,3)32(30,31)12-20(29,14-5-7-15(8-6-14)21(23,24)25)18(28)27-16-9-4-13(11-26)17(22)10-16/h4-10,29H,12H2,1-3H3,(H,27,28). The van der Waals surface area contributed by atoms with Crippen LogP contribution in [0.2, 0.25) is 5.02 Å². The molecule has 172 valence electrons. The van der Waals surface area contributed by atoms with Crippen molar-refractivity contribution in [1.82, 2.24) is 0 Å². The number of nitrogens with zero attached hydrogens (tertiary/aromatic N) is 1. The van der Waals surface area contributed by atoms with Crippen LogP contribution in [0.4, 0.5) is 18.9 Å². The zero-order chi connectivity index (χ0) is 24.5. The molecule has 1 atom stereocenters. The number of carbonyl (C=O) groups excluding carboxylic acids is 1. The lowest BCUT2D eigenvalue weighted by molar-refractivity contribution is -0.137. The van der Waals surface area contributed by atoms with Crippen molar-refractivity contribution in [2.24, 2.45) is 0 Å². The van der Waals surface area contributed by atoms with E-state index in [-0.39, 0.29) is 21.8 Å². The summed E-state index contributed by atoms with van der Waals surface area (Å²) in [5.74, 6) is -2.27. The van der Waals surface area contributed by atoms with Gasteiger partial charge in [-0.05, 0) is 56.7 Å². The first kappa shape index (κ1) is 25.6. The molecule has 2 rings (SSSR count). The van der Waals surface area contributed by atoms with Crippen LogP contribution in [0.1, 0.15) is 37.5 Å². The first-order valence-corrected chi connectivity index (χ1v) is 11.2. The Labute approximate surface area is 188 Å². The summed E-state index contributed by atoms with van der Waals surface area (Å²) in [7, 11) is -4.10. The minimum atomic E-state index is -4.66. The number of benzene rings is 2. The topological polar surface area (TPSA) is 107 Å². The lowest BCUT2D eigenvalue weighted by atomic mass is 9.93. The highest BCUT2D eigenvalue weighted by Gasteiger charge is 2.46. The zero-order valence-corrected chi connectivity index (χ0v) is 18.9. The van der Waals surface area contributed by atoms with Crippen LogP contribution in [0.5, 0.6) is 0 Å². The predicted molar refractivity (Wildman–Crippen MR) is 114 cm³/mol. The molecule has 0 saturated carbocycles. The van der Waals surface area contributed by atoms with Gasteiger partial charge in [-0.1, -0.05) is 23.7 Å². The molecule has 2 N–H and O–H groups in total. The lowest BCUT2D eigenvalue weighted by Gasteiger charge is -2.31. The van der Waals surface area contributed by atoms with Crippen molar-refractivity contribution < 1.29 is 31.5 Å². The fourth-order valence-electron chi connectivity index (χ4n) is 2.62. The summed E-state index contributed by atoms with van der Waals surface area (Å²) in [6.45, 7) is 4.11. The van der Waals surface area contributed by atoms with Crippen LogP contribution in [0.15, 0.2) is 42.5 Å². The monoisotopic (exact) mass is 488 g/mol. The largest absolute Gasteiger partial charge is 0.416 e. The van der Waals surface area contributed by atoms with Crippen molar-refractivity contribution in [3.8, 4) is 6.07 Å². The summed E-state index contributed by atoms with van der Waals surface area (Å²) < 4.78 is 63.0. The number of carbonyl (C=O) groups is 1. The minimum Gasteiger partial charge on any atom is -0.374 e. The Kier molecular flexibility index (Phi) is 7.00. The van der Waals surface area contributed by atoms with Crippen molar-refractivity contribution in [3.63, 3.8) is 0 Å². The van der Waals surface area contributed by atoms with Gasteiger partial charge in [0.1, 0.15) is 6.07 Å². The van der Waals surface area contributed by atoms with Gasteiger partial charge in [0.2, 0.25) is 0 Å². The van der Waals surface area contributed by atoms with E-state index in [0.29, 0.717) is 12.1 Å². The molecular weight excluding hydrogens is 469 g/mol. The Balaban J connectivity index is 2.54. The quantitative estimate of drug-likeness (QED) is 0.653. The van der Waals surface area contributed by atoms with E-state index in [1.807, 2.05) is 6.07 Å². The van der Waals surface area contributed by atoms with E-state index >= 15 is 0 Å². The van der Waals surface area contributed by atoms with Crippen LogP contribution in [0.3, 0.4) is 0 Å². The molecule has 0 aromatic heterocycles. The third-order valence-electron chi connectivity index (χ3n) is 4.74. The summed E-state index contributed by atoms with van der Waals surface area (Å²) in [6, 6.07) is 8.68. The predicted octanol–water partition coefficient (Wildman–Crippen LogP) is 4.27. The molecule has 6 nitrogen and oxygen atoms in total. The fourth-order valence-corrected chi connectivity index (χ4v) is 4.13. The van der Waals surface area contributed by atoms with Crippen molar-refractivity contribution in [2.45, 2.75) is 37.3 Å². The molecule has 2 aromatic carbocycles. The van der Waals surface area contributed by atoms with Crippen LogP contribution >= 0.6 is 11.6 Å². The fraction of sp³-hybridized carbons (Fsp3) is 0.333. The van der Waals surface area contributed by atoms with Crippen LogP contribution in [0, 0.1) is 11.3 Å². The van der Waals surface area contributed by atoms with Crippen molar-refractivity contribution in [3.05, 3.63) is 64.2 Å². The second kappa shape index (κ2) is 8.73. The molecule has 1 amide bonds. The SMILES string of the molecule is CC(C)(C)S(=O)(=O)CC(O)(C(=O)Nc1ccc(C#N)c(Cl)c1)c1ccc(C(F)(F)F)cc1.